The highest BCUT2D eigenvalue weighted by atomic mass is 35.5. The third kappa shape index (κ3) is 7.53. The number of aromatic nitrogens is 2. The molecule has 226 valence electrons. The van der Waals surface area contributed by atoms with Gasteiger partial charge in [0.25, 0.3) is 0 Å². The number of piperidine rings is 1. The molecule has 2 aliphatic rings. The molecule has 8 heteroatoms. The Hall–Kier alpha value is -3.52. The van der Waals surface area contributed by atoms with E-state index in [2.05, 4.69) is 69.0 Å². The Morgan fingerprint density at radius 2 is 1.58 bits per heavy atom. The summed E-state index contributed by atoms with van der Waals surface area (Å²) in [6.45, 7) is 10.0. The van der Waals surface area contributed by atoms with Crippen LogP contribution in [0, 0.1) is 0 Å². The van der Waals surface area contributed by atoms with Gasteiger partial charge in [-0.25, -0.2) is 4.98 Å². The Labute approximate surface area is 260 Å². The molecule has 0 unspecified atom stereocenters. The summed E-state index contributed by atoms with van der Waals surface area (Å²) in [5.74, 6) is 3.42. The van der Waals surface area contributed by atoms with Crippen molar-refractivity contribution in [3.8, 4) is 28.6 Å². The average molecular weight is 601 g/mol. The van der Waals surface area contributed by atoms with Crippen molar-refractivity contribution in [1.29, 1.82) is 0 Å². The zero-order valence-corrected chi connectivity index (χ0v) is 25.8. The van der Waals surface area contributed by atoms with Crippen molar-refractivity contribution in [2.24, 2.45) is 0 Å². The predicted molar refractivity (Wildman–Crippen MR) is 171 cm³/mol. The lowest BCUT2D eigenvalue weighted by Crippen LogP contribution is -2.33. The van der Waals surface area contributed by atoms with E-state index in [0.717, 1.165) is 72.6 Å². The summed E-state index contributed by atoms with van der Waals surface area (Å²) < 4.78 is 19.8. The molecule has 3 aromatic carbocycles. The van der Waals surface area contributed by atoms with E-state index in [1.54, 1.807) is 0 Å². The van der Waals surface area contributed by atoms with Crippen LogP contribution < -0.4 is 14.2 Å². The summed E-state index contributed by atoms with van der Waals surface area (Å²) in [7, 11) is 0. The molecule has 1 saturated heterocycles. The van der Waals surface area contributed by atoms with Gasteiger partial charge in [-0.05, 0) is 68.2 Å². The van der Waals surface area contributed by atoms with Crippen molar-refractivity contribution in [2.45, 2.75) is 52.4 Å². The normalized spacial score (nSPS) is 15.1. The van der Waals surface area contributed by atoms with Gasteiger partial charge in [-0.1, -0.05) is 66.6 Å². The maximum atomic E-state index is 7.00. The van der Waals surface area contributed by atoms with Crippen molar-refractivity contribution >= 4 is 11.6 Å². The molecule has 0 aliphatic carbocycles. The maximum Gasteiger partial charge on any atom is 0.161 e. The number of rotatable bonds is 12. The molecule has 2 aliphatic heterocycles. The summed E-state index contributed by atoms with van der Waals surface area (Å²) in [4.78, 5) is 9.93. The molecule has 43 heavy (non-hydrogen) atoms. The smallest absolute Gasteiger partial charge is 0.161 e. The predicted octanol–water partition coefficient (Wildman–Crippen LogP) is 7.06. The number of likely N-dealkylation sites (tertiary alicyclic amines) is 1. The topological polar surface area (TPSA) is 52.0 Å². The first-order chi connectivity index (χ1) is 21.2. The minimum Gasteiger partial charge on any atom is -0.494 e. The molecule has 0 amide bonds. The molecule has 0 bridgehead atoms. The van der Waals surface area contributed by atoms with Crippen LogP contribution >= 0.6 is 11.6 Å². The highest BCUT2D eigenvalue weighted by Gasteiger charge is 2.22. The lowest BCUT2D eigenvalue weighted by atomic mass is 10.1. The van der Waals surface area contributed by atoms with Crippen LogP contribution in [0.5, 0.6) is 17.2 Å². The van der Waals surface area contributed by atoms with Crippen LogP contribution in [0.15, 0.2) is 72.8 Å². The molecule has 0 spiro atoms. The zero-order valence-electron chi connectivity index (χ0n) is 25.0. The van der Waals surface area contributed by atoms with Crippen LogP contribution in [-0.4, -0.2) is 58.8 Å². The van der Waals surface area contributed by atoms with E-state index < -0.39 is 0 Å². The van der Waals surface area contributed by atoms with Crippen LogP contribution in [0.3, 0.4) is 0 Å². The Bertz CT molecular complexity index is 1490. The van der Waals surface area contributed by atoms with Gasteiger partial charge >= 0.3 is 0 Å². The van der Waals surface area contributed by atoms with Crippen LogP contribution in [0.2, 0.25) is 5.15 Å². The number of ether oxygens (including phenoxy) is 3. The first-order valence-electron chi connectivity index (χ1n) is 15.5. The third-order valence-corrected chi connectivity index (χ3v) is 8.45. The van der Waals surface area contributed by atoms with Gasteiger partial charge in [0.2, 0.25) is 0 Å². The lowest BCUT2D eigenvalue weighted by Gasteiger charge is -2.28. The van der Waals surface area contributed by atoms with Gasteiger partial charge in [-0.2, -0.15) is 0 Å². The fraction of sp³-hybridized carbons (Fsp3) is 0.400. The average Bonchev–Trinajstić information content (AvgIpc) is 3.35. The van der Waals surface area contributed by atoms with Gasteiger partial charge < -0.3 is 23.7 Å². The van der Waals surface area contributed by atoms with Crippen LogP contribution in [0.1, 0.15) is 43.0 Å². The van der Waals surface area contributed by atoms with Gasteiger partial charge in [0.1, 0.15) is 24.8 Å². The standard InChI is InChI=1S/C35H41ClN4O3/c1-2-41-30-13-9-10-27(22-30)24-39(25-28-14-15-32-33(23-28)43-21-20-42-32)26-31-34(36)37-35(29-11-5-3-6-12-29)40(31)19-18-38-16-7-4-8-17-38/h3,5-6,9-15,22-23H,2,4,7-8,16-21,24-26H2,1H3. The minimum atomic E-state index is 0.563. The van der Waals surface area contributed by atoms with Crippen molar-refractivity contribution in [2.75, 3.05) is 39.5 Å². The first-order valence-corrected chi connectivity index (χ1v) is 15.9. The minimum absolute atomic E-state index is 0.563. The van der Waals surface area contributed by atoms with Crippen LogP contribution in [-0.2, 0) is 26.2 Å². The van der Waals surface area contributed by atoms with Gasteiger partial charge in [0.15, 0.2) is 16.7 Å². The SMILES string of the molecule is CCOc1cccc(CN(Cc2ccc3c(c2)OCCO3)Cc2c(Cl)nc(-c3ccccc3)n2CCN2CCCCC2)c1. The Balaban J connectivity index is 1.32. The second-order valence-corrected chi connectivity index (χ2v) is 11.7. The molecular formula is C35H41ClN4O3. The first kappa shape index (κ1) is 29.5. The molecule has 6 rings (SSSR count). The van der Waals surface area contributed by atoms with E-state index in [4.69, 9.17) is 30.8 Å². The summed E-state index contributed by atoms with van der Waals surface area (Å²) in [5, 5.41) is 0.563. The van der Waals surface area contributed by atoms with E-state index >= 15 is 0 Å². The number of fused-ring (bicyclic) bond motifs is 1. The monoisotopic (exact) mass is 600 g/mol. The summed E-state index contributed by atoms with van der Waals surface area (Å²) in [5.41, 5.74) is 4.46. The van der Waals surface area contributed by atoms with Crippen molar-refractivity contribution < 1.29 is 14.2 Å². The van der Waals surface area contributed by atoms with E-state index in [1.807, 2.05) is 25.1 Å². The molecular weight excluding hydrogens is 560 g/mol. The molecule has 3 heterocycles. The Morgan fingerprint density at radius 1 is 0.814 bits per heavy atom. The number of hydrogen-bond acceptors (Lipinski definition) is 6. The van der Waals surface area contributed by atoms with E-state index in [0.29, 0.717) is 38.1 Å². The van der Waals surface area contributed by atoms with Crippen LogP contribution in [0.25, 0.3) is 11.4 Å². The Morgan fingerprint density at radius 3 is 2.37 bits per heavy atom. The van der Waals surface area contributed by atoms with Gasteiger partial charge in [-0.3, -0.25) is 4.90 Å². The molecule has 1 aromatic heterocycles. The zero-order chi connectivity index (χ0) is 29.4. The molecule has 7 nitrogen and oxygen atoms in total. The lowest BCUT2D eigenvalue weighted by molar-refractivity contribution is 0.170. The number of imidazole rings is 1. The van der Waals surface area contributed by atoms with Gasteiger partial charge in [0, 0.05) is 38.3 Å². The molecule has 0 N–H and O–H groups in total. The molecule has 4 aromatic rings. The molecule has 1 fully saturated rings. The largest absolute Gasteiger partial charge is 0.494 e. The number of halogens is 1. The number of nitrogens with zero attached hydrogens (tertiary/aromatic N) is 4. The maximum absolute atomic E-state index is 7.00. The molecule has 0 saturated carbocycles. The molecule has 0 atom stereocenters. The number of hydrogen-bond donors (Lipinski definition) is 0. The fourth-order valence-corrected chi connectivity index (χ4v) is 6.30. The summed E-state index contributed by atoms with van der Waals surface area (Å²) in [6.07, 6.45) is 3.87. The van der Waals surface area contributed by atoms with E-state index in [1.165, 1.54) is 24.8 Å². The fourth-order valence-electron chi connectivity index (χ4n) is 6.06. The second-order valence-electron chi connectivity index (χ2n) is 11.3. The van der Waals surface area contributed by atoms with Crippen molar-refractivity contribution in [3.05, 3.63) is 94.8 Å². The van der Waals surface area contributed by atoms with Gasteiger partial charge in [-0.15, -0.1) is 0 Å². The second kappa shape index (κ2) is 14.3. The van der Waals surface area contributed by atoms with Crippen LogP contribution in [0.4, 0.5) is 0 Å². The quantitative estimate of drug-likeness (QED) is 0.173. The highest BCUT2D eigenvalue weighted by Crippen LogP contribution is 2.33. The van der Waals surface area contributed by atoms with E-state index in [9.17, 15) is 0 Å². The summed E-state index contributed by atoms with van der Waals surface area (Å²) in [6, 6.07) is 25.0. The van der Waals surface area contributed by atoms with Gasteiger partial charge in [0.05, 0.1) is 12.3 Å². The number of benzene rings is 3. The third-order valence-electron chi connectivity index (χ3n) is 8.15. The van der Waals surface area contributed by atoms with Crippen molar-refractivity contribution in [3.63, 3.8) is 0 Å². The highest BCUT2D eigenvalue weighted by molar-refractivity contribution is 6.30. The van der Waals surface area contributed by atoms with Crippen molar-refractivity contribution in [1.82, 2.24) is 19.4 Å². The van der Waals surface area contributed by atoms with E-state index in [-0.39, 0.29) is 0 Å². The Kier molecular flexibility index (Phi) is 9.83. The summed E-state index contributed by atoms with van der Waals surface area (Å²) >= 11 is 7.00. The molecule has 0 radical (unpaired) electrons.